The van der Waals surface area contributed by atoms with Crippen LogP contribution in [-0.4, -0.2) is 18.5 Å². The Labute approximate surface area is 296 Å². The van der Waals surface area contributed by atoms with E-state index in [0.29, 0.717) is 19.1 Å². The third kappa shape index (κ3) is 6.74. The third-order valence-electron chi connectivity index (χ3n) is 9.39. The van der Waals surface area contributed by atoms with Crippen molar-refractivity contribution in [2.75, 3.05) is 12.7 Å². The fourth-order valence-corrected chi connectivity index (χ4v) is 10.9. The number of rotatable bonds is 11. The summed E-state index contributed by atoms with van der Waals surface area (Å²) in [7, 11) is -1.67. The van der Waals surface area contributed by atoms with E-state index in [1.807, 2.05) is 0 Å². The summed E-state index contributed by atoms with van der Waals surface area (Å²) in [4.78, 5) is 0. The molecule has 1 aliphatic carbocycles. The molecule has 0 fully saturated rings. The lowest BCUT2D eigenvalue weighted by Gasteiger charge is -2.40. The number of ether oxygens (including phenoxy) is 2. The first-order chi connectivity index (χ1) is 24.8. The molecule has 0 N–H and O–H groups in total. The summed E-state index contributed by atoms with van der Waals surface area (Å²) in [5.41, 5.74) is 2.25. The second kappa shape index (κ2) is 15.1. The lowest BCUT2D eigenvalue weighted by molar-refractivity contribution is -0.168. The van der Waals surface area contributed by atoms with Crippen molar-refractivity contribution >= 4 is 59.5 Å². The van der Waals surface area contributed by atoms with Gasteiger partial charge in [-0.05, 0) is 63.8 Å². The summed E-state index contributed by atoms with van der Waals surface area (Å²) in [6.45, 7) is 0. The summed E-state index contributed by atoms with van der Waals surface area (Å²) >= 11 is 0. The summed E-state index contributed by atoms with van der Waals surface area (Å²) < 4.78 is 15.0. The van der Waals surface area contributed by atoms with Gasteiger partial charge in [-0.2, -0.15) is 0 Å². The van der Waals surface area contributed by atoms with Crippen LogP contribution in [0.1, 0.15) is 12.0 Å². The first-order valence-electron chi connectivity index (χ1n) is 17.1. The van der Waals surface area contributed by atoms with Gasteiger partial charge in [0.25, 0.3) is 0 Å². The number of hydrogen-bond acceptors (Lipinski definition) is 2. The molecule has 0 aromatic heterocycles. The minimum absolute atomic E-state index is 0.516. The minimum atomic E-state index is -1.03. The maximum Gasteiger partial charge on any atom is 0.200 e. The molecule has 7 aromatic carbocycles. The lowest BCUT2D eigenvalue weighted by atomic mass is 9.85. The summed E-state index contributed by atoms with van der Waals surface area (Å²) in [5, 5.41) is 9.89. The highest BCUT2D eigenvalue weighted by Gasteiger charge is 2.41. The molecular formula is C46H38O2P2. The van der Waals surface area contributed by atoms with Gasteiger partial charge in [0.2, 0.25) is 0 Å². The first kappa shape index (κ1) is 32.5. The van der Waals surface area contributed by atoms with Gasteiger partial charge in [-0.1, -0.05) is 194 Å². The van der Waals surface area contributed by atoms with E-state index in [1.54, 1.807) is 0 Å². The highest BCUT2D eigenvalue weighted by atomic mass is 31.1. The molecule has 0 bridgehead atoms. The van der Waals surface area contributed by atoms with Crippen LogP contribution in [-0.2, 0) is 9.47 Å². The van der Waals surface area contributed by atoms with E-state index in [-0.39, 0.29) is 0 Å². The second-order valence-corrected chi connectivity index (χ2v) is 16.7. The third-order valence-corrected chi connectivity index (χ3v) is 13.8. The highest BCUT2D eigenvalue weighted by molar-refractivity contribution is 7.73. The molecule has 7 aromatic rings. The molecule has 0 unspecified atom stereocenters. The van der Waals surface area contributed by atoms with Gasteiger partial charge in [0.1, 0.15) is 0 Å². The standard InChI is InChI=1S/C46H38O2P2/c1-5-21-38(22-6-1)49(39-23-7-2-8-24-39)34-47-46(48-35-50(40-25-9-3-10-26-40)41-27-11-4-12-28-41)33-32-37-19-14-16-30-43(37)45(46)44-31-17-20-36-18-13-15-29-42(36)44/h1-32H,33-35H2. The quantitative estimate of drug-likeness (QED) is 0.101. The van der Waals surface area contributed by atoms with Gasteiger partial charge in [-0.15, -0.1) is 0 Å². The Morgan fingerprint density at radius 1 is 0.440 bits per heavy atom. The molecule has 0 spiro atoms. The summed E-state index contributed by atoms with van der Waals surface area (Å²) in [6, 6.07) is 67.2. The smallest absolute Gasteiger partial charge is 0.200 e. The van der Waals surface area contributed by atoms with E-state index < -0.39 is 21.6 Å². The van der Waals surface area contributed by atoms with Crippen molar-refractivity contribution in [2.24, 2.45) is 0 Å². The van der Waals surface area contributed by atoms with E-state index in [9.17, 15) is 0 Å². The molecule has 0 amide bonds. The number of hydrogen-bond donors (Lipinski definition) is 0. The van der Waals surface area contributed by atoms with E-state index >= 15 is 0 Å². The molecule has 244 valence electrons. The summed E-state index contributed by atoms with van der Waals surface area (Å²) in [6.07, 6.45) is 3.94. The largest absolute Gasteiger partial charge is 0.340 e. The van der Waals surface area contributed by atoms with Crippen LogP contribution in [0.2, 0.25) is 0 Å². The van der Waals surface area contributed by atoms with Gasteiger partial charge in [0, 0.05) is 12.0 Å². The van der Waals surface area contributed by atoms with Crippen LogP contribution in [0.25, 0.3) is 22.4 Å². The van der Waals surface area contributed by atoms with Crippen molar-refractivity contribution in [3.63, 3.8) is 0 Å². The van der Waals surface area contributed by atoms with Crippen molar-refractivity contribution < 1.29 is 9.47 Å². The predicted octanol–water partition coefficient (Wildman–Crippen LogP) is 8.13. The number of fused-ring (bicyclic) bond motifs is 2. The molecule has 0 aliphatic heterocycles. The Kier molecular flexibility index (Phi) is 9.79. The predicted molar refractivity (Wildman–Crippen MR) is 214 cm³/mol. The lowest BCUT2D eigenvalue weighted by Crippen LogP contribution is -2.47. The van der Waals surface area contributed by atoms with Crippen LogP contribution in [0.5, 0.6) is 0 Å². The molecule has 0 saturated heterocycles. The fraction of sp³-hybridized carbons (Fsp3) is 0.0870. The van der Waals surface area contributed by atoms with Crippen LogP contribution < -0.4 is 31.7 Å². The van der Waals surface area contributed by atoms with E-state index in [4.69, 9.17) is 9.47 Å². The molecule has 50 heavy (non-hydrogen) atoms. The van der Waals surface area contributed by atoms with Gasteiger partial charge in [-0.3, -0.25) is 0 Å². The monoisotopic (exact) mass is 684 g/mol. The highest BCUT2D eigenvalue weighted by Crippen LogP contribution is 2.45. The number of benzene rings is 7. The molecule has 0 radical (unpaired) electrons. The van der Waals surface area contributed by atoms with Crippen LogP contribution in [0.3, 0.4) is 0 Å². The van der Waals surface area contributed by atoms with E-state index in [2.05, 4.69) is 194 Å². The normalized spacial score (nSPS) is 13.7. The van der Waals surface area contributed by atoms with Gasteiger partial charge in [0.15, 0.2) is 5.79 Å². The van der Waals surface area contributed by atoms with Crippen molar-refractivity contribution in [2.45, 2.75) is 12.2 Å². The Morgan fingerprint density at radius 3 is 1.42 bits per heavy atom. The second-order valence-electron chi connectivity index (χ2n) is 12.4. The zero-order valence-electron chi connectivity index (χ0n) is 27.8. The Balaban J connectivity index is 1.30. The maximum absolute atomic E-state index is 7.49. The van der Waals surface area contributed by atoms with Crippen molar-refractivity contribution in [3.05, 3.63) is 204 Å². The Bertz CT molecular complexity index is 2140. The SMILES string of the molecule is C1=c2ccccc2=C(c2cccc3ccccc23)C(OCP(c2ccccc2)c2ccccc2)(OCP(c2ccccc2)c2ccccc2)C1. The molecule has 4 heteroatoms. The van der Waals surface area contributed by atoms with Crippen LogP contribution >= 0.6 is 15.8 Å². The molecule has 0 heterocycles. The fourth-order valence-electron chi connectivity index (χ4n) is 6.92. The van der Waals surface area contributed by atoms with E-state index in [0.717, 1.165) is 16.4 Å². The van der Waals surface area contributed by atoms with Crippen LogP contribution in [0, 0.1) is 0 Å². The maximum atomic E-state index is 7.49. The van der Waals surface area contributed by atoms with Crippen LogP contribution in [0.4, 0.5) is 0 Å². The average Bonchev–Trinajstić information content (AvgIpc) is 3.19. The van der Waals surface area contributed by atoms with Crippen LogP contribution in [0.15, 0.2) is 188 Å². The molecule has 1 aliphatic rings. The Hall–Kier alpha value is -4.68. The first-order valence-corrected chi connectivity index (χ1v) is 20.2. The Morgan fingerprint density at radius 2 is 0.880 bits per heavy atom. The van der Waals surface area contributed by atoms with Crippen molar-refractivity contribution in [3.8, 4) is 0 Å². The minimum Gasteiger partial charge on any atom is -0.340 e. The molecular weight excluding hydrogens is 646 g/mol. The van der Waals surface area contributed by atoms with Gasteiger partial charge < -0.3 is 9.47 Å². The van der Waals surface area contributed by atoms with Crippen molar-refractivity contribution in [1.29, 1.82) is 0 Å². The molecule has 2 nitrogen and oxygen atoms in total. The van der Waals surface area contributed by atoms with Crippen molar-refractivity contribution in [1.82, 2.24) is 0 Å². The summed E-state index contributed by atoms with van der Waals surface area (Å²) in [5.74, 6) is -1.03. The van der Waals surface area contributed by atoms with E-state index in [1.165, 1.54) is 37.2 Å². The van der Waals surface area contributed by atoms with Gasteiger partial charge in [-0.25, -0.2) is 0 Å². The topological polar surface area (TPSA) is 18.5 Å². The van der Waals surface area contributed by atoms with Gasteiger partial charge >= 0.3 is 0 Å². The zero-order valence-corrected chi connectivity index (χ0v) is 29.6. The molecule has 0 atom stereocenters. The average molecular weight is 685 g/mol. The molecule has 0 saturated carbocycles. The zero-order chi connectivity index (χ0) is 33.6. The molecule has 8 rings (SSSR count). The van der Waals surface area contributed by atoms with Gasteiger partial charge in [0.05, 0.1) is 12.7 Å².